The van der Waals surface area contributed by atoms with Gasteiger partial charge in [-0.2, -0.15) is 0 Å². The molecule has 322 valence electrons. The number of likely N-dealkylation sites (N-methyl/N-ethyl adjacent to an activating group) is 1. The molecule has 8 atom stereocenters. The lowest BCUT2D eigenvalue weighted by Gasteiger charge is -2.53. The van der Waals surface area contributed by atoms with Crippen LogP contribution < -0.4 is 5.32 Å². The summed E-state index contributed by atoms with van der Waals surface area (Å²) in [7, 11) is 2.77. The summed E-state index contributed by atoms with van der Waals surface area (Å²) in [5.74, 6) is 1.58. The average molecular weight is 864 g/mol. The van der Waals surface area contributed by atoms with E-state index in [1.54, 1.807) is 0 Å². The van der Waals surface area contributed by atoms with E-state index in [1.165, 1.54) is 19.7 Å². The third-order valence-corrected chi connectivity index (χ3v) is 15.8. The number of hydrogen-bond donors (Lipinski definition) is 4. The molecule has 5 aliphatic carbocycles. The molecule has 3 aromatic rings. The van der Waals surface area contributed by atoms with Crippen molar-refractivity contribution in [3.05, 3.63) is 57.5 Å². The highest BCUT2D eigenvalue weighted by Crippen LogP contribution is 2.60. The first-order valence-electron chi connectivity index (χ1n) is 21.6. The predicted molar refractivity (Wildman–Crippen MR) is 224 cm³/mol. The molecule has 2 aromatic heterocycles. The van der Waals surface area contributed by atoms with Crippen molar-refractivity contribution >= 4 is 47.2 Å². The maximum atomic E-state index is 14.0. The summed E-state index contributed by atoms with van der Waals surface area (Å²) in [5, 5.41) is 13.4. The maximum absolute atomic E-state index is 14.0. The first-order chi connectivity index (χ1) is 28.6. The van der Waals surface area contributed by atoms with Crippen molar-refractivity contribution in [2.45, 2.75) is 139 Å². The number of rotatable bonds is 11. The van der Waals surface area contributed by atoms with Gasteiger partial charge in [0.25, 0.3) is 0 Å². The third-order valence-electron chi connectivity index (χ3n) is 15.2. The van der Waals surface area contributed by atoms with Crippen molar-refractivity contribution in [2.24, 2.45) is 23.7 Å². The zero-order valence-electron chi connectivity index (χ0n) is 35.1. The molecular weight excluding hydrogens is 807 g/mol. The van der Waals surface area contributed by atoms with E-state index in [2.05, 4.69) is 39.6 Å². The van der Waals surface area contributed by atoms with Crippen LogP contribution in [0, 0.1) is 23.7 Å². The summed E-state index contributed by atoms with van der Waals surface area (Å²) >= 11 is 13.8. The Bertz CT molecular complexity index is 2180. The van der Waals surface area contributed by atoms with E-state index in [4.69, 9.17) is 37.9 Å². The molecular formula is C44H56Cl2N8O6. The summed E-state index contributed by atoms with van der Waals surface area (Å²) in [4.78, 5) is 73.7. The normalized spacial score (nSPS) is 30.9. The highest BCUT2D eigenvalue weighted by Gasteiger charge is 2.59. The van der Waals surface area contributed by atoms with Crippen molar-refractivity contribution in [1.29, 1.82) is 0 Å². The van der Waals surface area contributed by atoms with Gasteiger partial charge in [0.2, 0.25) is 11.8 Å². The number of aromatic nitrogens is 4. The first-order valence-corrected chi connectivity index (χ1v) is 22.4. The number of imidazole rings is 2. The molecule has 7 aliphatic rings. The molecule has 0 spiro atoms. The number of likely N-dealkylation sites (tertiary alicyclic amines) is 2. The monoisotopic (exact) mass is 862 g/mol. The molecule has 14 nitrogen and oxygen atoms in total. The van der Waals surface area contributed by atoms with E-state index in [0.717, 1.165) is 86.2 Å². The van der Waals surface area contributed by atoms with Crippen LogP contribution in [0.3, 0.4) is 0 Å². The zero-order valence-corrected chi connectivity index (χ0v) is 36.6. The number of halogens is 2. The zero-order chi connectivity index (χ0) is 42.6. The Morgan fingerprint density at radius 1 is 0.817 bits per heavy atom. The fraction of sp³-hybridized carbons (Fsp3) is 0.636. The van der Waals surface area contributed by atoms with Gasteiger partial charge < -0.3 is 34.9 Å². The standard InChI is InChI=1S/C44H56Cl2N8O6/c1-21(2)31(48-41(57)60-6)39(55)53-27-17-24(27)20-30(53)38-49-34(36(46)51-38)44-14-11-43(12-15-44,13-16-44)26-9-7-23(8-10-26)32-35(45)50-37(47-32)29-19-25-18-28(25)54(29)40(56)33(22(3)4)52(5)42(58)59/h7-10,21-22,24-25,27-31,33H,11-20H2,1-6H3,(H,47,50)(H,48,57)(H,49,51)(H,58,59)/t24-,25-,27-,28-,29+,30+,31+,33+,43?,44?/m1/s1. The Morgan fingerprint density at radius 2 is 1.37 bits per heavy atom. The van der Waals surface area contributed by atoms with E-state index in [1.807, 2.05) is 37.5 Å². The van der Waals surface area contributed by atoms with Gasteiger partial charge in [0, 0.05) is 30.1 Å². The Kier molecular flexibility index (Phi) is 10.2. The van der Waals surface area contributed by atoms with Crippen molar-refractivity contribution in [2.75, 3.05) is 14.2 Å². The molecule has 5 saturated carbocycles. The Labute approximate surface area is 360 Å². The minimum absolute atomic E-state index is 0.0480. The summed E-state index contributed by atoms with van der Waals surface area (Å²) < 4.78 is 4.83. The van der Waals surface area contributed by atoms with Crippen LogP contribution in [-0.2, 0) is 25.2 Å². The van der Waals surface area contributed by atoms with Crippen LogP contribution in [0.5, 0.6) is 0 Å². The lowest BCUT2D eigenvalue weighted by molar-refractivity contribution is -0.140. The number of fused-ring (bicyclic) bond motifs is 5. The summed E-state index contributed by atoms with van der Waals surface area (Å²) in [6.07, 6.45) is 7.70. The van der Waals surface area contributed by atoms with Gasteiger partial charge in [-0.05, 0) is 98.9 Å². The van der Waals surface area contributed by atoms with Crippen LogP contribution in [0.4, 0.5) is 9.59 Å². The fourth-order valence-corrected chi connectivity index (χ4v) is 12.2. The van der Waals surface area contributed by atoms with Gasteiger partial charge in [0.05, 0.1) is 24.9 Å². The molecule has 4 N–H and O–H groups in total. The second-order valence-corrected chi connectivity index (χ2v) is 20.0. The van der Waals surface area contributed by atoms with Gasteiger partial charge in [-0.1, -0.05) is 75.2 Å². The molecule has 4 amide bonds. The van der Waals surface area contributed by atoms with E-state index in [9.17, 15) is 24.3 Å². The number of aromatic amines is 2. The van der Waals surface area contributed by atoms with Gasteiger partial charge in [-0.3, -0.25) is 14.5 Å². The molecule has 7 fully saturated rings. The minimum Gasteiger partial charge on any atom is -0.465 e. The molecule has 16 heteroatoms. The Morgan fingerprint density at radius 3 is 1.90 bits per heavy atom. The van der Waals surface area contributed by atoms with E-state index < -0.39 is 24.3 Å². The highest BCUT2D eigenvalue weighted by atomic mass is 35.5. The van der Waals surface area contributed by atoms with Gasteiger partial charge in [0.15, 0.2) is 5.15 Å². The number of carbonyl (C=O) groups excluding carboxylic acids is 3. The second-order valence-electron chi connectivity index (χ2n) is 19.3. The van der Waals surface area contributed by atoms with Gasteiger partial charge in [-0.25, -0.2) is 19.6 Å². The van der Waals surface area contributed by atoms with Crippen molar-refractivity contribution in [1.82, 2.24) is 40.0 Å². The number of benzene rings is 1. The molecule has 2 aliphatic heterocycles. The van der Waals surface area contributed by atoms with Crippen molar-refractivity contribution in [3.8, 4) is 11.3 Å². The van der Waals surface area contributed by atoms with E-state index in [0.29, 0.717) is 33.7 Å². The number of ether oxygens (including phenoxy) is 1. The molecule has 10 rings (SSSR count). The molecule has 2 bridgehead atoms. The van der Waals surface area contributed by atoms with Crippen molar-refractivity contribution < 1.29 is 29.0 Å². The summed E-state index contributed by atoms with van der Waals surface area (Å²) in [5.41, 5.74) is 3.76. The lowest BCUT2D eigenvalue weighted by Crippen LogP contribution is -2.52. The van der Waals surface area contributed by atoms with E-state index >= 15 is 0 Å². The third kappa shape index (κ3) is 6.74. The fourth-order valence-electron chi connectivity index (χ4n) is 11.6. The largest absolute Gasteiger partial charge is 0.465 e. The SMILES string of the molecule is COC(=O)N[C@H](C(=O)N1[C@@H]2C[C@@H]2C[C@H]1c1nc(Cl)c(C23CCC(c4ccc(-c5nc([C@@H]6C[C@H]7C[C@H]7N6C(=O)[C@H](C(C)C)N(C)C(=O)O)[nH]c5Cl)cc4)(CC2)CC3)[nH]1)C(C)C. The topological polar surface area (TPSA) is 177 Å². The highest BCUT2D eigenvalue weighted by molar-refractivity contribution is 6.32. The summed E-state index contributed by atoms with van der Waals surface area (Å²) in [6, 6.07) is 6.86. The summed E-state index contributed by atoms with van der Waals surface area (Å²) in [6.45, 7) is 7.60. The van der Waals surface area contributed by atoms with Crippen molar-refractivity contribution in [3.63, 3.8) is 0 Å². The number of nitrogens with zero attached hydrogens (tertiary/aromatic N) is 5. The molecule has 0 radical (unpaired) electrons. The number of methoxy groups -OCH3 is 1. The molecule has 0 unspecified atom stereocenters. The van der Waals surface area contributed by atoms with Crippen LogP contribution >= 0.6 is 23.2 Å². The smallest absolute Gasteiger partial charge is 0.407 e. The molecule has 2 saturated heterocycles. The lowest BCUT2D eigenvalue weighted by atomic mass is 9.51. The van der Waals surface area contributed by atoms with E-state index in [-0.39, 0.29) is 58.6 Å². The number of hydrogen-bond acceptors (Lipinski definition) is 7. The number of H-pyrrole nitrogens is 2. The first kappa shape index (κ1) is 41.1. The van der Waals surface area contributed by atoms with Crippen LogP contribution in [0.1, 0.15) is 127 Å². The predicted octanol–water partition coefficient (Wildman–Crippen LogP) is 7.99. The molecule has 4 heterocycles. The maximum Gasteiger partial charge on any atom is 0.407 e. The number of piperidine rings is 2. The second kappa shape index (κ2) is 15.0. The number of nitrogens with one attached hydrogen (secondary N) is 3. The number of carboxylic acid groups (broad SMARTS) is 1. The van der Waals surface area contributed by atoms with Crippen LogP contribution in [0.15, 0.2) is 24.3 Å². The van der Waals surface area contributed by atoms with Crippen LogP contribution in [0.2, 0.25) is 10.3 Å². The van der Waals surface area contributed by atoms with Gasteiger partial charge >= 0.3 is 12.2 Å². The number of alkyl carbamates (subject to hydrolysis) is 1. The number of carbonyl (C=O) groups is 4. The Hall–Kier alpha value is -4.30. The molecule has 1 aromatic carbocycles. The van der Waals surface area contributed by atoms with Crippen LogP contribution in [0.25, 0.3) is 11.3 Å². The van der Waals surface area contributed by atoms with Crippen LogP contribution in [-0.4, -0.2) is 102 Å². The Balaban J connectivity index is 0.888. The van der Waals surface area contributed by atoms with Gasteiger partial charge in [-0.15, -0.1) is 0 Å². The quantitative estimate of drug-likeness (QED) is 0.150. The molecule has 60 heavy (non-hydrogen) atoms. The van der Waals surface area contributed by atoms with Gasteiger partial charge in [0.1, 0.15) is 34.6 Å². The average Bonchev–Trinajstić information content (AvgIpc) is 3.93. The number of amides is 4. The minimum atomic E-state index is -1.12.